The first kappa shape index (κ1) is 19.5. The fourth-order valence-corrected chi connectivity index (χ4v) is 3.22. The molecule has 2 N–H and O–H groups in total. The fourth-order valence-electron chi connectivity index (χ4n) is 3.22. The van der Waals surface area contributed by atoms with Crippen LogP contribution in [0.1, 0.15) is 24.5 Å². The SMILES string of the molecule is CCN1CCN(Cc2ccccc2CNC2=NCCCN2)CC1.I. The Morgan fingerprint density at radius 3 is 2.46 bits per heavy atom. The maximum Gasteiger partial charge on any atom is 0.191 e. The van der Waals surface area contributed by atoms with Crippen molar-refractivity contribution < 1.29 is 0 Å². The number of hydrogen-bond donors (Lipinski definition) is 2. The summed E-state index contributed by atoms with van der Waals surface area (Å²) in [5.41, 5.74) is 2.81. The van der Waals surface area contributed by atoms with Crippen LogP contribution in [-0.2, 0) is 13.1 Å². The van der Waals surface area contributed by atoms with Gasteiger partial charge in [0.15, 0.2) is 5.96 Å². The molecule has 0 aromatic heterocycles. The van der Waals surface area contributed by atoms with Gasteiger partial charge in [-0.2, -0.15) is 0 Å². The van der Waals surface area contributed by atoms with Gasteiger partial charge in [-0.1, -0.05) is 31.2 Å². The Hall–Kier alpha value is -0.860. The van der Waals surface area contributed by atoms with Gasteiger partial charge in [0.2, 0.25) is 0 Å². The van der Waals surface area contributed by atoms with E-state index in [1.165, 1.54) is 43.9 Å². The molecule has 0 bridgehead atoms. The van der Waals surface area contributed by atoms with Gasteiger partial charge in [0.1, 0.15) is 0 Å². The van der Waals surface area contributed by atoms with Crippen molar-refractivity contribution in [2.45, 2.75) is 26.4 Å². The third kappa shape index (κ3) is 5.60. The number of likely N-dealkylation sites (N-methyl/N-ethyl adjacent to an activating group) is 1. The van der Waals surface area contributed by atoms with Crippen LogP contribution in [0.25, 0.3) is 0 Å². The Kier molecular flexibility index (Phi) is 8.28. The maximum absolute atomic E-state index is 4.49. The Balaban J connectivity index is 0.00000208. The summed E-state index contributed by atoms with van der Waals surface area (Å²) in [6, 6.07) is 8.77. The molecule has 0 saturated carbocycles. The van der Waals surface area contributed by atoms with E-state index in [0.29, 0.717) is 0 Å². The van der Waals surface area contributed by atoms with E-state index in [-0.39, 0.29) is 24.0 Å². The minimum atomic E-state index is 0. The normalized spacial score (nSPS) is 19.1. The highest BCUT2D eigenvalue weighted by atomic mass is 127. The van der Waals surface area contributed by atoms with E-state index >= 15 is 0 Å². The second-order valence-electron chi connectivity index (χ2n) is 6.34. The number of rotatable bonds is 5. The summed E-state index contributed by atoms with van der Waals surface area (Å²) < 4.78 is 0. The van der Waals surface area contributed by atoms with E-state index in [4.69, 9.17) is 0 Å². The molecule has 5 nitrogen and oxygen atoms in total. The highest BCUT2D eigenvalue weighted by molar-refractivity contribution is 14.0. The first-order valence-corrected chi connectivity index (χ1v) is 8.89. The topological polar surface area (TPSA) is 42.9 Å². The monoisotopic (exact) mass is 443 g/mol. The molecular formula is C18H30IN5. The Bertz CT molecular complexity index is 526. The number of halogens is 1. The van der Waals surface area contributed by atoms with Gasteiger partial charge in [-0.3, -0.25) is 9.89 Å². The Labute approximate surface area is 162 Å². The Morgan fingerprint density at radius 2 is 1.79 bits per heavy atom. The lowest BCUT2D eigenvalue weighted by molar-refractivity contribution is 0.131. The summed E-state index contributed by atoms with van der Waals surface area (Å²) in [5, 5.41) is 6.77. The minimum absolute atomic E-state index is 0. The molecule has 1 saturated heterocycles. The molecule has 1 aromatic carbocycles. The number of piperazine rings is 1. The molecule has 3 rings (SSSR count). The van der Waals surface area contributed by atoms with Crippen LogP contribution < -0.4 is 10.6 Å². The molecule has 0 amide bonds. The van der Waals surface area contributed by atoms with Crippen LogP contribution in [0.5, 0.6) is 0 Å². The van der Waals surface area contributed by atoms with Gasteiger partial charge in [0.05, 0.1) is 0 Å². The molecule has 2 heterocycles. The van der Waals surface area contributed by atoms with Crippen molar-refractivity contribution in [3.8, 4) is 0 Å². The van der Waals surface area contributed by atoms with Crippen molar-refractivity contribution >= 4 is 29.9 Å². The molecule has 0 radical (unpaired) electrons. The predicted molar refractivity (Wildman–Crippen MR) is 111 cm³/mol. The highest BCUT2D eigenvalue weighted by Gasteiger charge is 2.16. The van der Waals surface area contributed by atoms with E-state index in [1.807, 2.05) is 0 Å². The molecule has 6 heteroatoms. The van der Waals surface area contributed by atoms with E-state index < -0.39 is 0 Å². The molecular weight excluding hydrogens is 413 g/mol. The standard InChI is InChI=1S/C18H29N5.HI/c1-2-22-10-12-23(13-11-22)15-17-7-4-3-6-16(17)14-21-18-19-8-5-9-20-18;/h3-4,6-7H,2,5,8-15H2,1H3,(H2,19,20,21);1H. The largest absolute Gasteiger partial charge is 0.356 e. The zero-order valence-corrected chi connectivity index (χ0v) is 17.0. The quantitative estimate of drug-likeness (QED) is 0.683. The number of nitrogens with zero attached hydrogens (tertiary/aromatic N) is 3. The van der Waals surface area contributed by atoms with Crippen LogP contribution in [-0.4, -0.2) is 61.6 Å². The third-order valence-electron chi connectivity index (χ3n) is 4.77. The summed E-state index contributed by atoms with van der Waals surface area (Å²) >= 11 is 0. The van der Waals surface area contributed by atoms with E-state index in [9.17, 15) is 0 Å². The number of guanidine groups is 1. The van der Waals surface area contributed by atoms with Crippen molar-refractivity contribution in [2.75, 3.05) is 45.8 Å². The van der Waals surface area contributed by atoms with Gasteiger partial charge < -0.3 is 15.5 Å². The van der Waals surface area contributed by atoms with Crippen molar-refractivity contribution in [1.29, 1.82) is 0 Å². The second kappa shape index (κ2) is 10.2. The van der Waals surface area contributed by atoms with Crippen LogP contribution in [0.2, 0.25) is 0 Å². The van der Waals surface area contributed by atoms with Gasteiger partial charge >= 0.3 is 0 Å². The smallest absolute Gasteiger partial charge is 0.191 e. The predicted octanol–water partition coefficient (Wildman–Crippen LogP) is 1.88. The van der Waals surface area contributed by atoms with Gasteiger partial charge in [0, 0.05) is 52.4 Å². The minimum Gasteiger partial charge on any atom is -0.356 e. The zero-order valence-electron chi connectivity index (χ0n) is 14.6. The summed E-state index contributed by atoms with van der Waals surface area (Å²) in [6.45, 7) is 12.0. The van der Waals surface area contributed by atoms with Gasteiger partial charge in [-0.05, 0) is 24.1 Å². The molecule has 0 spiro atoms. The average Bonchev–Trinajstić information content (AvgIpc) is 2.62. The fraction of sp³-hybridized carbons (Fsp3) is 0.611. The first-order chi connectivity index (χ1) is 11.3. The second-order valence-corrected chi connectivity index (χ2v) is 6.34. The molecule has 0 unspecified atom stereocenters. The summed E-state index contributed by atoms with van der Waals surface area (Å²) in [6.07, 6.45) is 1.13. The van der Waals surface area contributed by atoms with Crippen LogP contribution in [0.15, 0.2) is 29.3 Å². The zero-order chi connectivity index (χ0) is 15.9. The van der Waals surface area contributed by atoms with Gasteiger partial charge in [-0.25, -0.2) is 0 Å². The molecule has 24 heavy (non-hydrogen) atoms. The lowest BCUT2D eigenvalue weighted by Crippen LogP contribution is -2.45. The molecule has 1 aromatic rings. The van der Waals surface area contributed by atoms with Crippen LogP contribution >= 0.6 is 24.0 Å². The molecule has 2 aliphatic heterocycles. The Morgan fingerprint density at radius 1 is 1.08 bits per heavy atom. The third-order valence-corrected chi connectivity index (χ3v) is 4.77. The van der Waals surface area contributed by atoms with Gasteiger partial charge in [-0.15, -0.1) is 24.0 Å². The average molecular weight is 443 g/mol. The maximum atomic E-state index is 4.49. The molecule has 2 aliphatic rings. The van der Waals surface area contributed by atoms with E-state index in [0.717, 1.165) is 38.6 Å². The van der Waals surface area contributed by atoms with Crippen LogP contribution in [0.4, 0.5) is 0 Å². The van der Waals surface area contributed by atoms with E-state index in [2.05, 4.69) is 56.6 Å². The number of nitrogens with one attached hydrogen (secondary N) is 2. The summed E-state index contributed by atoms with van der Waals surface area (Å²) in [5.74, 6) is 0.947. The highest BCUT2D eigenvalue weighted by Crippen LogP contribution is 2.13. The van der Waals surface area contributed by atoms with Crippen molar-refractivity contribution in [3.05, 3.63) is 35.4 Å². The van der Waals surface area contributed by atoms with Crippen LogP contribution in [0, 0.1) is 0 Å². The van der Waals surface area contributed by atoms with Crippen LogP contribution in [0.3, 0.4) is 0 Å². The molecule has 0 aliphatic carbocycles. The van der Waals surface area contributed by atoms with Gasteiger partial charge in [0.25, 0.3) is 0 Å². The van der Waals surface area contributed by atoms with Crippen molar-refractivity contribution in [1.82, 2.24) is 20.4 Å². The van der Waals surface area contributed by atoms with Crippen molar-refractivity contribution in [3.63, 3.8) is 0 Å². The number of benzene rings is 1. The molecule has 134 valence electrons. The molecule has 0 atom stereocenters. The lowest BCUT2D eigenvalue weighted by atomic mass is 10.1. The summed E-state index contributed by atoms with van der Waals surface area (Å²) in [7, 11) is 0. The van der Waals surface area contributed by atoms with Crippen molar-refractivity contribution in [2.24, 2.45) is 4.99 Å². The molecule has 1 fully saturated rings. The van der Waals surface area contributed by atoms with E-state index in [1.54, 1.807) is 0 Å². The lowest BCUT2D eigenvalue weighted by Gasteiger charge is -2.34. The number of hydrogen-bond acceptors (Lipinski definition) is 5. The number of aliphatic imine (C=N–C) groups is 1. The first-order valence-electron chi connectivity index (χ1n) is 8.89. The summed E-state index contributed by atoms with van der Waals surface area (Å²) in [4.78, 5) is 9.58.